The number of aliphatic hydroxyl groups is 1. The van der Waals surface area contributed by atoms with Crippen molar-refractivity contribution in [1.29, 1.82) is 0 Å². The smallest absolute Gasteiger partial charge is 0.129 e. The van der Waals surface area contributed by atoms with Gasteiger partial charge in [-0.2, -0.15) is 0 Å². The first-order chi connectivity index (χ1) is 9.35. The molecule has 2 bridgehead atoms. The topological polar surface area (TPSA) is 45.6 Å². The van der Waals surface area contributed by atoms with Crippen molar-refractivity contribution in [2.24, 2.45) is 0 Å². The molecule has 0 radical (unpaired) electrons. The van der Waals surface area contributed by atoms with Gasteiger partial charge >= 0.3 is 0 Å². The molecule has 2 atom stereocenters. The summed E-state index contributed by atoms with van der Waals surface area (Å²) >= 11 is 0. The standard InChI is InChI=1S/C15H16N2O2/c18-7-10-1-3-14-11(5-10)2-4-15(16-14)17-12-6-13(17)9-19-8-12/h1-5,12-13,18H,6-9H2/t12-,13+. The molecule has 4 rings (SSSR count). The zero-order valence-electron chi connectivity index (χ0n) is 10.6. The molecule has 4 heteroatoms. The molecule has 0 spiro atoms. The van der Waals surface area contributed by atoms with Crippen LogP contribution < -0.4 is 4.90 Å². The number of ether oxygens (including phenoxy) is 1. The summed E-state index contributed by atoms with van der Waals surface area (Å²) in [5.74, 6) is 1.05. The minimum absolute atomic E-state index is 0.0747. The van der Waals surface area contributed by atoms with E-state index in [1.54, 1.807) is 0 Å². The molecule has 98 valence electrons. The molecular formula is C15H16N2O2. The lowest BCUT2D eigenvalue weighted by Gasteiger charge is -2.53. The van der Waals surface area contributed by atoms with Crippen LogP contribution in [0.4, 0.5) is 5.82 Å². The number of aliphatic hydroxyl groups excluding tert-OH is 1. The van der Waals surface area contributed by atoms with Crippen LogP contribution >= 0.6 is 0 Å². The van der Waals surface area contributed by atoms with Crippen LogP contribution in [0.15, 0.2) is 30.3 Å². The van der Waals surface area contributed by atoms with E-state index in [-0.39, 0.29) is 6.61 Å². The first-order valence-corrected chi connectivity index (χ1v) is 6.72. The Morgan fingerprint density at radius 1 is 1.21 bits per heavy atom. The molecule has 2 saturated heterocycles. The second-order valence-corrected chi connectivity index (χ2v) is 5.34. The van der Waals surface area contributed by atoms with Crippen molar-refractivity contribution < 1.29 is 9.84 Å². The van der Waals surface area contributed by atoms with Gasteiger partial charge in [-0.1, -0.05) is 6.07 Å². The predicted octanol–water partition coefficient (Wildman–Crippen LogP) is 1.70. The summed E-state index contributed by atoms with van der Waals surface area (Å²) in [5, 5.41) is 10.2. The Morgan fingerprint density at radius 2 is 2.05 bits per heavy atom. The molecule has 4 nitrogen and oxygen atoms in total. The Hall–Kier alpha value is -1.65. The average molecular weight is 256 g/mol. The molecule has 0 amide bonds. The van der Waals surface area contributed by atoms with Crippen LogP contribution in [-0.4, -0.2) is 35.4 Å². The van der Waals surface area contributed by atoms with Crippen molar-refractivity contribution in [3.63, 3.8) is 0 Å². The molecule has 19 heavy (non-hydrogen) atoms. The summed E-state index contributed by atoms with van der Waals surface area (Å²) < 4.78 is 5.50. The SMILES string of the molecule is OCc1ccc2nc(N3[C@@H]4COC[C@H]3C4)ccc2c1. The minimum Gasteiger partial charge on any atom is -0.392 e. The van der Waals surface area contributed by atoms with Crippen LogP contribution in [0.2, 0.25) is 0 Å². The van der Waals surface area contributed by atoms with Crippen LogP contribution in [0.3, 0.4) is 0 Å². The summed E-state index contributed by atoms with van der Waals surface area (Å²) in [6.45, 7) is 1.71. The second kappa shape index (κ2) is 4.18. The number of hydrogen-bond acceptors (Lipinski definition) is 4. The summed E-state index contributed by atoms with van der Waals surface area (Å²) in [5.41, 5.74) is 1.91. The van der Waals surface area contributed by atoms with Crippen LogP contribution in [-0.2, 0) is 11.3 Å². The van der Waals surface area contributed by atoms with Crippen molar-refractivity contribution >= 4 is 16.7 Å². The fourth-order valence-electron chi connectivity index (χ4n) is 3.12. The van der Waals surface area contributed by atoms with E-state index in [1.165, 1.54) is 6.42 Å². The van der Waals surface area contributed by atoms with Gasteiger partial charge in [-0.05, 0) is 36.2 Å². The first-order valence-electron chi connectivity index (χ1n) is 6.72. The molecule has 2 aliphatic heterocycles. The van der Waals surface area contributed by atoms with Gasteiger partial charge in [0.1, 0.15) is 5.82 Å². The number of anilines is 1. The van der Waals surface area contributed by atoms with Gasteiger partial charge in [0.2, 0.25) is 0 Å². The van der Waals surface area contributed by atoms with Crippen LogP contribution in [0.1, 0.15) is 12.0 Å². The van der Waals surface area contributed by atoms with E-state index in [1.807, 2.05) is 18.2 Å². The van der Waals surface area contributed by atoms with Gasteiger partial charge in [0, 0.05) is 5.39 Å². The molecule has 0 aliphatic carbocycles. The zero-order valence-corrected chi connectivity index (χ0v) is 10.6. The Bertz CT molecular complexity index is 615. The van der Waals surface area contributed by atoms with Crippen molar-refractivity contribution in [2.75, 3.05) is 18.1 Å². The summed E-state index contributed by atoms with van der Waals surface area (Å²) in [6, 6.07) is 11.1. The zero-order chi connectivity index (χ0) is 12.8. The average Bonchev–Trinajstić information content (AvgIpc) is 2.47. The Balaban J connectivity index is 1.72. The monoisotopic (exact) mass is 256 g/mol. The molecule has 0 saturated carbocycles. The maximum absolute atomic E-state index is 9.15. The number of rotatable bonds is 2. The molecule has 1 aromatic heterocycles. The number of pyridine rings is 1. The molecule has 0 unspecified atom stereocenters. The summed E-state index contributed by atoms with van der Waals surface area (Å²) in [6.07, 6.45) is 1.23. The Morgan fingerprint density at radius 3 is 2.79 bits per heavy atom. The molecular weight excluding hydrogens is 240 g/mol. The summed E-state index contributed by atoms with van der Waals surface area (Å²) in [7, 11) is 0. The highest BCUT2D eigenvalue weighted by Gasteiger charge is 2.42. The van der Waals surface area contributed by atoms with Gasteiger partial charge < -0.3 is 14.7 Å². The van der Waals surface area contributed by atoms with Crippen molar-refractivity contribution in [3.8, 4) is 0 Å². The molecule has 2 aliphatic rings. The van der Waals surface area contributed by atoms with Gasteiger partial charge in [-0.25, -0.2) is 4.98 Å². The maximum Gasteiger partial charge on any atom is 0.129 e. The van der Waals surface area contributed by atoms with Crippen LogP contribution in [0.5, 0.6) is 0 Å². The minimum atomic E-state index is 0.0747. The molecule has 1 N–H and O–H groups in total. The normalized spacial score (nSPS) is 25.4. The van der Waals surface area contributed by atoms with Gasteiger partial charge in [0.05, 0.1) is 37.4 Å². The number of benzene rings is 1. The highest BCUT2D eigenvalue weighted by Crippen LogP contribution is 2.35. The van der Waals surface area contributed by atoms with Gasteiger partial charge in [0.25, 0.3) is 0 Å². The van der Waals surface area contributed by atoms with E-state index in [9.17, 15) is 0 Å². The molecule has 2 aromatic rings. The molecule has 3 heterocycles. The Kier molecular flexibility index (Phi) is 2.47. The lowest BCUT2D eigenvalue weighted by atomic mass is 9.91. The lowest BCUT2D eigenvalue weighted by molar-refractivity contribution is 0.00975. The van der Waals surface area contributed by atoms with E-state index >= 15 is 0 Å². The van der Waals surface area contributed by atoms with Gasteiger partial charge in [0.15, 0.2) is 0 Å². The molecule has 1 aromatic carbocycles. The number of nitrogens with zero attached hydrogens (tertiary/aromatic N) is 2. The van der Waals surface area contributed by atoms with Gasteiger partial charge in [-0.15, -0.1) is 0 Å². The van der Waals surface area contributed by atoms with E-state index in [4.69, 9.17) is 14.8 Å². The van der Waals surface area contributed by atoms with Crippen LogP contribution in [0.25, 0.3) is 10.9 Å². The Labute approximate surface area is 111 Å². The fourth-order valence-corrected chi connectivity index (χ4v) is 3.12. The third kappa shape index (κ3) is 1.71. The summed E-state index contributed by atoms with van der Waals surface area (Å²) in [4.78, 5) is 7.12. The highest BCUT2D eigenvalue weighted by atomic mass is 16.5. The van der Waals surface area contributed by atoms with E-state index in [0.717, 1.165) is 35.5 Å². The fraction of sp³-hybridized carbons (Fsp3) is 0.400. The van der Waals surface area contributed by atoms with Crippen LogP contribution in [0, 0.1) is 0 Å². The van der Waals surface area contributed by atoms with E-state index in [0.29, 0.717) is 12.1 Å². The first kappa shape index (κ1) is 11.2. The third-order valence-corrected chi connectivity index (χ3v) is 4.14. The number of fused-ring (bicyclic) bond motifs is 3. The second-order valence-electron chi connectivity index (χ2n) is 5.34. The highest BCUT2D eigenvalue weighted by molar-refractivity contribution is 5.81. The van der Waals surface area contributed by atoms with Crippen molar-refractivity contribution in [1.82, 2.24) is 4.98 Å². The number of aromatic nitrogens is 1. The maximum atomic E-state index is 9.15. The van der Waals surface area contributed by atoms with Crippen molar-refractivity contribution in [3.05, 3.63) is 35.9 Å². The predicted molar refractivity (Wildman–Crippen MR) is 73.2 cm³/mol. The third-order valence-electron chi connectivity index (χ3n) is 4.14. The largest absolute Gasteiger partial charge is 0.392 e. The molecule has 2 fully saturated rings. The van der Waals surface area contributed by atoms with Crippen molar-refractivity contribution in [2.45, 2.75) is 25.1 Å². The van der Waals surface area contributed by atoms with E-state index < -0.39 is 0 Å². The number of morpholine rings is 1. The van der Waals surface area contributed by atoms with Gasteiger partial charge in [-0.3, -0.25) is 0 Å². The van der Waals surface area contributed by atoms with E-state index in [2.05, 4.69) is 17.0 Å². The number of hydrogen-bond donors (Lipinski definition) is 1. The lowest BCUT2D eigenvalue weighted by Crippen LogP contribution is -2.64. The quantitative estimate of drug-likeness (QED) is 0.888.